The molecule has 3 aromatic rings. The van der Waals surface area contributed by atoms with Gasteiger partial charge < -0.3 is 10.2 Å². The number of imidazole rings is 1. The molecule has 0 radical (unpaired) electrons. The van der Waals surface area contributed by atoms with E-state index in [0.717, 1.165) is 59.7 Å². The van der Waals surface area contributed by atoms with Crippen LogP contribution in [0.2, 0.25) is 0 Å². The minimum atomic E-state index is -0.00403. The number of rotatable bonds is 2. The minimum absolute atomic E-state index is 0.00403. The van der Waals surface area contributed by atoms with Crippen molar-refractivity contribution in [1.29, 1.82) is 0 Å². The van der Waals surface area contributed by atoms with Gasteiger partial charge in [0.05, 0.1) is 17.6 Å². The Bertz CT molecular complexity index is 1000. The predicted molar refractivity (Wildman–Crippen MR) is 99.1 cm³/mol. The summed E-state index contributed by atoms with van der Waals surface area (Å²) in [6.07, 6.45) is 4.12. The summed E-state index contributed by atoms with van der Waals surface area (Å²) in [4.78, 5) is 18.9. The topological polar surface area (TPSA) is 62.5 Å². The molecule has 0 saturated carbocycles. The minimum Gasteiger partial charge on any atom is -0.348 e. The largest absolute Gasteiger partial charge is 0.348 e. The summed E-state index contributed by atoms with van der Waals surface area (Å²) in [5.41, 5.74) is 5.67. The molecular weight excluding hydrogens is 326 g/mol. The van der Waals surface area contributed by atoms with E-state index in [1.54, 1.807) is 0 Å². The van der Waals surface area contributed by atoms with Gasteiger partial charge in [-0.2, -0.15) is 5.10 Å². The maximum Gasteiger partial charge on any atom is 0.251 e. The molecular formula is C20H21N5O. The molecule has 2 aliphatic heterocycles. The molecule has 1 aromatic carbocycles. The van der Waals surface area contributed by atoms with E-state index in [1.807, 2.05) is 35.0 Å². The highest BCUT2D eigenvalue weighted by Crippen LogP contribution is 2.29. The quantitative estimate of drug-likeness (QED) is 0.773. The lowest BCUT2D eigenvalue weighted by Crippen LogP contribution is -2.29. The number of benzene rings is 1. The van der Waals surface area contributed by atoms with Gasteiger partial charge in [0.25, 0.3) is 5.91 Å². The Hall–Kier alpha value is -2.73. The zero-order valence-corrected chi connectivity index (χ0v) is 14.8. The van der Waals surface area contributed by atoms with Gasteiger partial charge in [0, 0.05) is 23.6 Å². The fourth-order valence-electron chi connectivity index (χ4n) is 3.98. The third kappa shape index (κ3) is 2.49. The molecule has 0 bridgehead atoms. The van der Waals surface area contributed by atoms with Crippen LogP contribution in [0.15, 0.2) is 36.5 Å². The molecule has 6 heteroatoms. The zero-order valence-electron chi connectivity index (χ0n) is 14.8. The lowest BCUT2D eigenvalue weighted by molar-refractivity contribution is 0.0966. The molecule has 26 heavy (non-hydrogen) atoms. The maximum absolute atomic E-state index is 12.0. The van der Waals surface area contributed by atoms with Crippen LogP contribution >= 0.6 is 0 Å². The lowest BCUT2D eigenvalue weighted by Gasteiger charge is -2.28. The fourth-order valence-corrected chi connectivity index (χ4v) is 3.98. The van der Waals surface area contributed by atoms with Gasteiger partial charge in [-0.1, -0.05) is 12.1 Å². The Morgan fingerprint density at radius 1 is 1.15 bits per heavy atom. The Labute approximate surface area is 151 Å². The Balaban J connectivity index is 1.55. The molecule has 1 fully saturated rings. The summed E-state index contributed by atoms with van der Waals surface area (Å²) in [6.45, 7) is 2.84. The molecule has 0 atom stereocenters. The Morgan fingerprint density at radius 2 is 2.00 bits per heavy atom. The number of aromatic nitrogens is 3. The molecule has 0 unspecified atom stereocenters. The van der Waals surface area contributed by atoms with Gasteiger partial charge in [-0.15, -0.1) is 0 Å². The van der Waals surface area contributed by atoms with Crippen LogP contribution in [-0.2, 0) is 6.54 Å². The average Bonchev–Trinajstić information content (AvgIpc) is 3.25. The predicted octanol–water partition coefficient (Wildman–Crippen LogP) is 2.45. The monoisotopic (exact) mass is 347 g/mol. The summed E-state index contributed by atoms with van der Waals surface area (Å²) >= 11 is 0. The second-order valence-corrected chi connectivity index (χ2v) is 7.30. The van der Waals surface area contributed by atoms with Gasteiger partial charge >= 0.3 is 0 Å². The molecule has 1 amide bonds. The van der Waals surface area contributed by atoms with Crippen molar-refractivity contribution in [2.45, 2.75) is 25.3 Å². The molecule has 5 rings (SSSR count). The molecule has 132 valence electrons. The highest BCUT2D eigenvalue weighted by molar-refractivity contribution is 5.99. The van der Waals surface area contributed by atoms with Crippen LogP contribution in [0, 0.1) is 0 Å². The fraction of sp³-hybridized carbons (Fsp3) is 0.350. The van der Waals surface area contributed by atoms with Gasteiger partial charge in [0.2, 0.25) is 0 Å². The molecule has 1 saturated heterocycles. The third-order valence-electron chi connectivity index (χ3n) is 5.61. The van der Waals surface area contributed by atoms with Crippen molar-refractivity contribution >= 4 is 11.6 Å². The van der Waals surface area contributed by atoms with Crippen LogP contribution in [0.3, 0.4) is 0 Å². The van der Waals surface area contributed by atoms with E-state index < -0.39 is 0 Å². The van der Waals surface area contributed by atoms with Crippen molar-refractivity contribution in [3.8, 4) is 11.3 Å². The number of nitrogens with zero attached hydrogens (tertiary/aromatic N) is 4. The first-order valence-electron chi connectivity index (χ1n) is 9.14. The highest BCUT2D eigenvalue weighted by Gasteiger charge is 2.22. The number of amides is 1. The summed E-state index contributed by atoms with van der Waals surface area (Å²) in [5, 5.41) is 7.78. The number of piperidine rings is 1. The zero-order chi connectivity index (χ0) is 17.7. The highest BCUT2D eigenvalue weighted by atomic mass is 16.1. The summed E-state index contributed by atoms with van der Waals surface area (Å²) in [6, 6.07) is 10.2. The van der Waals surface area contributed by atoms with E-state index in [2.05, 4.69) is 28.3 Å². The van der Waals surface area contributed by atoms with E-state index in [9.17, 15) is 4.79 Å². The molecule has 2 aliphatic rings. The standard InChI is InChI=1S/C20H21N5O/c1-24-8-6-13(7-9-24)17-4-5-19-21-12-18(25(19)23-17)14-2-3-15-11-22-20(26)16(15)10-14/h2-5,10,12-13H,6-9,11H2,1H3,(H,22,26). The number of hydrogen-bond acceptors (Lipinski definition) is 4. The molecule has 6 nitrogen and oxygen atoms in total. The van der Waals surface area contributed by atoms with Crippen LogP contribution in [-0.4, -0.2) is 45.5 Å². The molecule has 2 aromatic heterocycles. The van der Waals surface area contributed by atoms with Gasteiger partial charge in [-0.3, -0.25) is 4.79 Å². The molecule has 4 heterocycles. The van der Waals surface area contributed by atoms with Gasteiger partial charge in [-0.25, -0.2) is 9.50 Å². The normalized spacial score (nSPS) is 18.3. The Kier molecular flexibility index (Phi) is 3.53. The van der Waals surface area contributed by atoms with Crippen molar-refractivity contribution < 1.29 is 4.79 Å². The van der Waals surface area contributed by atoms with E-state index in [1.165, 1.54) is 0 Å². The van der Waals surface area contributed by atoms with Gasteiger partial charge in [0.1, 0.15) is 0 Å². The number of likely N-dealkylation sites (tertiary alicyclic amines) is 1. The van der Waals surface area contributed by atoms with E-state index in [4.69, 9.17) is 5.10 Å². The van der Waals surface area contributed by atoms with Crippen molar-refractivity contribution in [3.05, 3.63) is 53.3 Å². The van der Waals surface area contributed by atoms with E-state index in [0.29, 0.717) is 12.5 Å². The number of fused-ring (bicyclic) bond motifs is 2. The van der Waals surface area contributed by atoms with Crippen molar-refractivity contribution in [3.63, 3.8) is 0 Å². The van der Waals surface area contributed by atoms with Crippen molar-refractivity contribution in [2.24, 2.45) is 0 Å². The second kappa shape index (κ2) is 5.92. The lowest BCUT2D eigenvalue weighted by atomic mass is 9.94. The maximum atomic E-state index is 12.0. The molecule has 0 aliphatic carbocycles. The Morgan fingerprint density at radius 3 is 2.85 bits per heavy atom. The van der Waals surface area contributed by atoms with Crippen LogP contribution in [0.1, 0.15) is 40.4 Å². The van der Waals surface area contributed by atoms with Gasteiger partial charge in [0.15, 0.2) is 5.65 Å². The number of carbonyl (C=O) groups excluding carboxylic acids is 1. The molecule has 0 spiro atoms. The van der Waals surface area contributed by atoms with Gasteiger partial charge in [-0.05, 0) is 56.7 Å². The molecule has 1 N–H and O–H groups in total. The first-order valence-corrected chi connectivity index (χ1v) is 9.14. The number of carbonyl (C=O) groups is 1. The summed E-state index contributed by atoms with van der Waals surface area (Å²) < 4.78 is 1.92. The number of hydrogen-bond donors (Lipinski definition) is 1. The van der Waals surface area contributed by atoms with E-state index in [-0.39, 0.29) is 5.91 Å². The first-order chi connectivity index (χ1) is 12.7. The van der Waals surface area contributed by atoms with Crippen LogP contribution in [0.25, 0.3) is 16.9 Å². The second-order valence-electron chi connectivity index (χ2n) is 7.30. The smallest absolute Gasteiger partial charge is 0.251 e. The van der Waals surface area contributed by atoms with Crippen LogP contribution < -0.4 is 5.32 Å². The average molecular weight is 347 g/mol. The summed E-state index contributed by atoms with van der Waals surface area (Å²) in [7, 11) is 2.17. The van der Waals surface area contributed by atoms with Crippen molar-refractivity contribution in [1.82, 2.24) is 24.8 Å². The van der Waals surface area contributed by atoms with Crippen LogP contribution in [0.5, 0.6) is 0 Å². The third-order valence-corrected chi connectivity index (χ3v) is 5.61. The first kappa shape index (κ1) is 15.5. The number of nitrogens with one attached hydrogen (secondary N) is 1. The van der Waals surface area contributed by atoms with E-state index >= 15 is 0 Å². The van der Waals surface area contributed by atoms with Crippen LogP contribution in [0.4, 0.5) is 0 Å². The summed E-state index contributed by atoms with van der Waals surface area (Å²) in [5.74, 6) is 0.493. The van der Waals surface area contributed by atoms with Crippen molar-refractivity contribution in [2.75, 3.05) is 20.1 Å². The SMILES string of the molecule is CN1CCC(c2ccc3ncc(-c4ccc5c(c4)C(=O)NC5)n3n2)CC1.